The summed E-state index contributed by atoms with van der Waals surface area (Å²) >= 11 is 0. The standard InChI is InChI=1S/C16H22FN5O/c1-12(23-15-7-5-4-6-14(15)17)8-19-16(18-2)20-9-13-10-21-22(3)11-13/h4-7,10-12H,8-9H2,1-3H3,(H2,18,19,20). The number of hydrogen-bond acceptors (Lipinski definition) is 3. The molecule has 1 aromatic carbocycles. The van der Waals surface area contributed by atoms with Crippen molar-refractivity contribution in [1.82, 2.24) is 20.4 Å². The molecule has 1 atom stereocenters. The number of aliphatic imine (C=N–C) groups is 1. The number of nitrogens with one attached hydrogen (secondary N) is 2. The predicted octanol–water partition coefficient (Wildman–Crippen LogP) is 1.69. The van der Waals surface area contributed by atoms with Crippen molar-refractivity contribution in [2.24, 2.45) is 12.0 Å². The van der Waals surface area contributed by atoms with E-state index in [-0.39, 0.29) is 17.7 Å². The first-order chi connectivity index (χ1) is 11.1. The Bertz CT molecular complexity index is 655. The molecule has 124 valence electrons. The van der Waals surface area contributed by atoms with Crippen molar-refractivity contribution in [3.8, 4) is 5.75 Å². The minimum atomic E-state index is -0.363. The lowest BCUT2D eigenvalue weighted by Gasteiger charge is -2.17. The summed E-state index contributed by atoms with van der Waals surface area (Å²) in [6.45, 7) is 2.99. The van der Waals surface area contributed by atoms with Gasteiger partial charge in [-0.05, 0) is 19.1 Å². The van der Waals surface area contributed by atoms with E-state index in [2.05, 4.69) is 20.7 Å². The highest BCUT2D eigenvalue weighted by molar-refractivity contribution is 5.79. The van der Waals surface area contributed by atoms with Gasteiger partial charge >= 0.3 is 0 Å². The van der Waals surface area contributed by atoms with Gasteiger partial charge in [0.15, 0.2) is 17.5 Å². The summed E-state index contributed by atoms with van der Waals surface area (Å²) in [6, 6.07) is 6.37. The third-order valence-electron chi connectivity index (χ3n) is 3.16. The molecule has 23 heavy (non-hydrogen) atoms. The first-order valence-corrected chi connectivity index (χ1v) is 7.41. The molecule has 0 spiro atoms. The summed E-state index contributed by atoms with van der Waals surface area (Å²) in [7, 11) is 3.57. The lowest BCUT2D eigenvalue weighted by atomic mass is 10.3. The molecule has 2 rings (SSSR count). The van der Waals surface area contributed by atoms with Gasteiger partial charge in [-0.1, -0.05) is 12.1 Å². The maximum Gasteiger partial charge on any atom is 0.191 e. The summed E-state index contributed by atoms with van der Waals surface area (Å²) < 4.78 is 20.9. The van der Waals surface area contributed by atoms with Gasteiger partial charge in [0.25, 0.3) is 0 Å². The normalized spacial score (nSPS) is 12.8. The second-order valence-electron chi connectivity index (χ2n) is 5.19. The highest BCUT2D eigenvalue weighted by Crippen LogP contribution is 2.16. The number of benzene rings is 1. The molecule has 1 heterocycles. The Hall–Kier alpha value is -2.57. The third kappa shape index (κ3) is 5.28. The van der Waals surface area contributed by atoms with Crippen LogP contribution in [0.5, 0.6) is 5.75 Å². The number of hydrogen-bond donors (Lipinski definition) is 2. The molecule has 1 unspecified atom stereocenters. The Labute approximate surface area is 135 Å². The molecule has 7 heteroatoms. The van der Waals surface area contributed by atoms with Crippen LogP contribution < -0.4 is 15.4 Å². The fourth-order valence-electron chi connectivity index (χ4n) is 2.01. The second-order valence-corrected chi connectivity index (χ2v) is 5.19. The Morgan fingerprint density at radius 1 is 1.39 bits per heavy atom. The number of rotatable bonds is 6. The first-order valence-electron chi connectivity index (χ1n) is 7.41. The average molecular weight is 319 g/mol. The van der Waals surface area contributed by atoms with Crippen molar-refractivity contribution in [3.63, 3.8) is 0 Å². The number of aryl methyl sites for hydroxylation is 1. The molecule has 2 N–H and O–H groups in total. The van der Waals surface area contributed by atoms with Crippen LogP contribution in [-0.2, 0) is 13.6 Å². The first kappa shape index (κ1) is 16.8. The van der Waals surface area contributed by atoms with Crippen LogP contribution in [0.3, 0.4) is 0 Å². The fourth-order valence-corrected chi connectivity index (χ4v) is 2.01. The minimum Gasteiger partial charge on any atom is -0.486 e. The Morgan fingerprint density at radius 2 is 2.17 bits per heavy atom. The van der Waals surface area contributed by atoms with Gasteiger partial charge in [0.1, 0.15) is 6.10 Å². The van der Waals surface area contributed by atoms with Crippen LogP contribution in [0.2, 0.25) is 0 Å². The van der Waals surface area contributed by atoms with Gasteiger partial charge in [0.05, 0.1) is 12.7 Å². The van der Waals surface area contributed by atoms with Crippen LogP contribution in [0.15, 0.2) is 41.7 Å². The summed E-state index contributed by atoms with van der Waals surface area (Å²) in [5, 5.41) is 10.4. The quantitative estimate of drug-likeness (QED) is 0.628. The fraction of sp³-hybridized carbons (Fsp3) is 0.375. The van der Waals surface area contributed by atoms with Crippen LogP contribution in [-0.4, -0.2) is 35.4 Å². The Balaban J connectivity index is 1.77. The molecule has 0 saturated carbocycles. The summed E-state index contributed by atoms with van der Waals surface area (Å²) in [6.07, 6.45) is 3.53. The van der Waals surface area contributed by atoms with Crippen molar-refractivity contribution in [2.75, 3.05) is 13.6 Å². The summed E-state index contributed by atoms with van der Waals surface area (Å²) in [5.74, 6) is 0.538. The lowest BCUT2D eigenvalue weighted by Crippen LogP contribution is -2.41. The van der Waals surface area contributed by atoms with Gasteiger partial charge in [-0.25, -0.2) is 4.39 Å². The van der Waals surface area contributed by atoms with Crippen molar-refractivity contribution in [3.05, 3.63) is 48.0 Å². The summed E-state index contributed by atoms with van der Waals surface area (Å²) in [5.41, 5.74) is 1.06. The highest BCUT2D eigenvalue weighted by atomic mass is 19.1. The maximum atomic E-state index is 13.5. The van der Waals surface area contributed by atoms with E-state index < -0.39 is 0 Å². The largest absolute Gasteiger partial charge is 0.486 e. The highest BCUT2D eigenvalue weighted by Gasteiger charge is 2.09. The van der Waals surface area contributed by atoms with Gasteiger partial charge in [0.2, 0.25) is 0 Å². The Morgan fingerprint density at radius 3 is 2.83 bits per heavy atom. The second kappa shape index (κ2) is 8.17. The molecule has 0 fully saturated rings. The number of ether oxygens (including phenoxy) is 1. The van der Waals surface area contributed by atoms with Crippen LogP contribution in [0.4, 0.5) is 4.39 Å². The van der Waals surface area contributed by atoms with Gasteiger partial charge in [-0.3, -0.25) is 9.67 Å². The van der Waals surface area contributed by atoms with Crippen molar-refractivity contribution in [2.45, 2.75) is 19.6 Å². The molecule has 0 aliphatic rings. The molecule has 2 aromatic rings. The van der Waals surface area contributed by atoms with Gasteiger partial charge < -0.3 is 15.4 Å². The van der Waals surface area contributed by atoms with Crippen molar-refractivity contribution >= 4 is 5.96 Å². The van der Waals surface area contributed by atoms with Gasteiger partial charge in [0, 0.05) is 32.4 Å². The molecule has 0 saturated heterocycles. The SMILES string of the molecule is CN=C(NCc1cnn(C)c1)NCC(C)Oc1ccccc1F. The maximum absolute atomic E-state index is 13.5. The van der Waals surface area contributed by atoms with Crippen LogP contribution >= 0.6 is 0 Å². The number of nitrogens with zero attached hydrogens (tertiary/aromatic N) is 3. The number of aromatic nitrogens is 2. The zero-order valence-corrected chi connectivity index (χ0v) is 13.6. The zero-order chi connectivity index (χ0) is 16.7. The van der Waals surface area contributed by atoms with E-state index in [4.69, 9.17) is 4.74 Å². The van der Waals surface area contributed by atoms with Crippen LogP contribution in [0, 0.1) is 5.82 Å². The van der Waals surface area contributed by atoms with Crippen molar-refractivity contribution < 1.29 is 9.13 Å². The minimum absolute atomic E-state index is 0.205. The molecule has 0 radical (unpaired) electrons. The Kier molecular flexibility index (Phi) is 5.96. The van der Waals surface area contributed by atoms with Crippen molar-refractivity contribution in [1.29, 1.82) is 0 Å². The molecule has 0 aliphatic heterocycles. The predicted molar refractivity (Wildman–Crippen MR) is 87.9 cm³/mol. The molecule has 0 aliphatic carbocycles. The van der Waals surface area contributed by atoms with Crippen LogP contribution in [0.25, 0.3) is 0 Å². The van der Waals surface area contributed by atoms with E-state index in [1.165, 1.54) is 6.07 Å². The van der Waals surface area contributed by atoms with E-state index in [0.717, 1.165) is 5.56 Å². The van der Waals surface area contributed by atoms with Gasteiger partial charge in [-0.2, -0.15) is 5.10 Å². The lowest BCUT2D eigenvalue weighted by molar-refractivity contribution is 0.214. The monoisotopic (exact) mass is 319 g/mol. The smallest absolute Gasteiger partial charge is 0.191 e. The van der Waals surface area contributed by atoms with Gasteiger partial charge in [-0.15, -0.1) is 0 Å². The van der Waals surface area contributed by atoms with E-state index in [1.807, 2.05) is 20.2 Å². The van der Waals surface area contributed by atoms with Crippen LogP contribution in [0.1, 0.15) is 12.5 Å². The molecular weight excluding hydrogens is 297 g/mol. The topological polar surface area (TPSA) is 63.5 Å². The zero-order valence-electron chi connectivity index (χ0n) is 13.6. The average Bonchev–Trinajstić information content (AvgIpc) is 2.95. The third-order valence-corrected chi connectivity index (χ3v) is 3.16. The molecule has 0 bridgehead atoms. The van der Waals surface area contributed by atoms with E-state index in [0.29, 0.717) is 19.0 Å². The molecular formula is C16H22FN5O. The number of halogens is 1. The van der Waals surface area contributed by atoms with E-state index >= 15 is 0 Å². The van der Waals surface area contributed by atoms with E-state index in [9.17, 15) is 4.39 Å². The number of para-hydroxylation sites is 1. The molecule has 1 aromatic heterocycles. The number of guanidine groups is 1. The molecule has 6 nitrogen and oxygen atoms in total. The summed E-state index contributed by atoms with van der Waals surface area (Å²) in [4.78, 5) is 4.14. The van der Waals surface area contributed by atoms with E-state index in [1.54, 1.807) is 36.1 Å². The molecule has 0 amide bonds.